The van der Waals surface area contributed by atoms with Crippen molar-refractivity contribution in [2.75, 3.05) is 5.32 Å². The van der Waals surface area contributed by atoms with Gasteiger partial charge in [0, 0.05) is 5.69 Å². The molecule has 0 saturated heterocycles. The van der Waals surface area contributed by atoms with E-state index in [0.29, 0.717) is 0 Å². The van der Waals surface area contributed by atoms with Crippen LogP contribution in [0, 0.1) is 13.8 Å². The summed E-state index contributed by atoms with van der Waals surface area (Å²) in [6.07, 6.45) is 0.738. The molecule has 1 unspecified atom stereocenters. The van der Waals surface area contributed by atoms with Crippen LogP contribution in [0.25, 0.3) is 0 Å². The SMILES string of the molecule is CCC(Br)C(=O)Nc1cc(C)c(O)cc1C. The molecule has 0 aliphatic carbocycles. The fourth-order valence-electron chi connectivity index (χ4n) is 1.33. The number of nitrogens with one attached hydrogen (secondary N) is 1. The van der Waals surface area contributed by atoms with Gasteiger partial charge in [0.1, 0.15) is 5.75 Å². The Bertz CT molecular complexity index is 404. The molecule has 3 nitrogen and oxygen atoms in total. The molecule has 0 heterocycles. The first-order valence-corrected chi connectivity index (χ1v) is 6.12. The highest BCUT2D eigenvalue weighted by atomic mass is 79.9. The van der Waals surface area contributed by atoms with Gasteiger partial charge in [-0.05, 0) is 43.5 Å². The molecule has 0 fully saturated rings. The van der Waals surface area contributed by atoms with Crippen molar-refractivity contribution in [1.82, 2.24) is 0 Å². The van der Waals surface area contributed by atoms with Crippen LogP contribution < -0.4 is 5.32 Å². The van der Waals surface area contributed by atoms with E-state index in [2.05, 4.69) is 21.2 Å². The van der Waals surface area contributed by atoms with Gasteiger partial charge >= 0.3 is 0 Å². The number of amides is 1. The predicted molar refractivity (Wildman–Crippen MR) is 69.2 cm³/mol. The van der Waals surface area contributed by atoms with Crippen LogP contribution in [0.5, 0.6) is 5.75 Å². The number of aryl methyl sites for hydroxylation is 2. The number of alkyl halides is 1. The first kappa shape index (κ1) is 13.0. The van der Waals surface area contributed by atoms with Gasteiger partial charge in [-0.3, -0.25) is 4.79 Å². The smallest absolute Gasteiger partial charge is 0.238 e. The molecule has 0 bridgehead atoms. The Morgan fingerprint density at radius 1 is 1.44 bits per heavy atom. The van der Waals surface area contributed by atoms with Gasteiger partial charge in [-0.2, -0.15) is 0 Å². The number of hydrogen-bond donors (Lipinski definition) is 2. The molecule has 1 rings (SSSR count). The van der Waals surface area contributed by atoms with Crippen molar-refractivity contribution >= 4 is 27.5 Å². The van der Waals surface area contributed by atoms with E-state index in [1.165, 1.54) is 0 Å². The molecule has 1 aromatic carbocycles. The zero-order valence-electron chi connectivity index (χ0n) is 9.67. The van der Waals surface area contributed by atoms with Crippen LogP contribution in [0.1, 0.15) is 24.5 Å². The number of hydrogen-bond acceptors (Lipinski definition) is 2. The first-order chi connectivity index (χ1) is 7.45. The largest absolute Gasteiger partial charge is 0.508 e. The number of phenols is 1. The molecule has 1 atom stereocenters. The van der Waals surface area contributed by atoms with Crippen LogP contribution in [0.2, 0.25) is 0 Å². The van der Waals surface area contributed by atoms with E-state index in [-0.39, 0.29) is 16.5 Å². The molecule has 0 radical (unpaired) electrons. The van der Waals surface area contributed by atoms with Crippen LogP contribution in [0.15, 0.2) is 12.1 Å². The lowest BCUT2D eigenvalue weighted by Crippen LogP contribution is -2.22. The number of carbonyl (C=O) groups is 1. The van der Waals surface area contributed by atoms with E-state index in [0.717, 1.165) is 23.2 Å². The minimum atomic E-state index is -0.180. The van der Waals surface area contributed by atoms with Gasteiger partial charge in [0.25, 0.3) is 0 Å². The second kappa shape index (κ2) is 5.34. The number of halogens is 1. The summed E-state index contributed by atoms with van der Waals surface area (Å²) in [6.45, 7) is 5.59. The van der Waals surface area contributed by atoms with Gasteiger partial charge in [0.2, 0.25) is 5.91 Å². The van der Waals surface area contributed by atoms with Crippen molar-refractivity contribution < 1.29 is 9.90 Å². The molecule has 4 heteroatoms. The highest BCUT2D eigenvalue weighted by Crippen LogP contribution is 2.25. The van der Waals surface area contributed by atoms with Crippen molar-refractivity contribution in [3.8, 4) is 5.75 Å². The van der Waals surface area contributed by atoms with Gasteiger partial charge < -0.3 is 10.4 Å². The summed E-state index contributed by atoms with van der Waals surface area (Å²) in [7, 11) is 0. The molecule has 0 spiro atoms. The summed E-state index contributed by atoms with van der Waals surface area (Å²) in [6, 6.07) is 3.43. The Balaban J connectivity index is 2.90. The number of benzene rings is 1. The standard InChI is InChI=1S/C12H16BrNO2/c1-4-9(13)12(16)14-10-5-8(3)11(15)6-7(10)2/h5-6,9,15H,4H2,1-3H3,(H,14,16). The first-order valence-electron chi connectivity index (χ1n) is 5.20. The Kier molecular flexibility index (Phi) is 4.35. The zero-order chi connectivity index (χ0) is 12.3. The average Bonchev–Trinajstić information content (AvgIpc) is 2.24. The maximum Gasteiger partial charge on any atom is 0.238 e. The molecular formula is C12H16BrNO2. The third kappa shape index (κ3) is 2.98. The van der Waals surface area contributed by atoms with Gasteiger partial charge in [-0.1, -0.05) is 22.9 Å². The summed E-state index contributed by atoms with van der Waals surface area (Å²) >= 11 is 3.30. The number of phenolic OH excluding ortho intramolecular Hbond substituents is 1. The normalized spacial score (nSPS) is 12.2. The highest BCUT2D eigenvalue weighted by Gasteiger charge is 2.13. The topological polar surface area (TPSA) is 49.3 Å². The lowest BCUT2D eigenvalue weighted by molar-refractivity contribution is -0.115. The molecule has 2 N–H and O–H groups in total. The zero-order valence-corrected chi connectivity index (χ0v) is 11.3. The quantitative estimate of drug-likeness (QED) is 0.662. The van der Waals surface area contributed by atoms with E-state index >= 15 is 0 Å². The van der Waals surface area contributed by atoms with Crippen LogP contribution in [0.3, 0.4) is 0 Å². The lowest BCUT2D eigenvalue weighted by atomic mass is 10.1. The summed E-state index contributed by atoms with van der Waals surface area (Å²) < 4.78 is 0. The van der Waals surface area contributed by atoms with Gasteiger partial charge in [-0.15, -0.1) is 0 Å². The molecular weight excluding hydrogens is 270 g/mol. The van der Waals surface area contributed by atoms with Crippen LogP contribution >= 0.6 is 15.9 Å². The number of rotatable bonds is 3. The predicted octanol–water partition coefficient (Wildman–Crippen LogP) is 3.12. The lowest BCUT2D eigenvalue weighted by Gasteiger charge is -2.12. The minimum Gasteiger partial charge on any atom is -0.508 e. The van der Waals surface area contributed by atoms with Gasteiger partial charge in [0.15, 0.2) is 0 Å². The number of aromatic hydroxyl groups is 1. The molecule has 1 amide bonds. The van der Waals surface area contributed by atoms with Gasteiger partial charge in [0.05, 0.1) is 4.83 Å². The average molecular weight is 286 g/mol. The van der Waals surface area contributed by atoms with Gasteiger partial charge in [-0.25, -0.2) is 0 Å². The minimum absolute atomic E-state index is 0.0595. The molecule has 0 saturated carbocycles. The summed E-state index contributed by atoms with van der Waals surface area (Å²) in [4.78, 5) is 11.5. The summed E-state index contributed by atoms with van der Waals surface area (Å²) in [5.41, 5.74) is 2.36. The molecule has 16 heavy (non-hydrogen) atoms. The fourth-order valence-corrected chi connectivity index (χ4v) is 1.45. The molecule has 0 aromatic heterocycles. The van der Waals surface area contributed by atoms with Crippen molar-refractivity contribution in [3.63, 3.8) is 0 Å². The van der Waals surface area contributed by atoms with Crippen molar-refractivity contribution in [3.05, 3.63) is 23.3 Å². The Morgan fingerprint density at radius 2 is 2.06 bits per heavy atom. The Hall–Kier alpha value is -1.03. The van der Waals surface area contributed by atoms with E-state index in [9.17, 15) is 9.90 Å². The van der Waals surface area contributed by atoms with Crippen molar-refractivity contribution in [1.29, 1.82) is 0 Å². The van der Waals surface area contributed by atoms with E-state index in [4.69, 9.17) is 0 Å². The number of carbonyl (C=O) groups excluding carboxylic acids is 1. The Labute approximate surface area is 104 Å². The molecule has 1 aromatic rings. The molecule has 0 aliphatic rings. The van der Waals surface area contributed by atoms with Crippen molar-refractivity contribution in [2.24, 2.45) is 0 Å². The second-order valence-electron chi connectivity index (χ2n) is 3.82. The summed E-state index contributed by atoms with van der Waals surface area (Å²) in [5, 5.41) is 12.3. The Morgan fingerprint density at radius 3 is 2.62 bits per heavy atom. The van der Waals surface area contributed by atoms with Crippen LogP contribution in [-0.4, -0.2) is 15.8 Å². The fraction of sp³-hybridized carbons (Fsp3) is 0.417. The second-order valence-corrected chi connectivity index (χ2v) is 4.92. The van der Waals surface area contributed by atoms with Crippen molar-refractivity contribution in [2.45, 2.75) is 32.0 Å². The van der Waals surface area contributed by atoms with E-state index in [1.54, 1.807) is 19.1 Å². The number of anilines is 1. The molecule has 0 aliphatic heterocycles. The highest BCUT2D eigenvalue weighted by molar-refractivity contribution is 9.10. The third-order valence-electron chi connectivity index (χ3n) is 2.44. The van der Waals surface area contributed by atoms with E-state index in [1.807, 2.05) is 13.8 Å². The maximum atomic E-state index is 11.7. The van der Waals surface area contributed by atoms with E-state index < -0.39 is 0 Å². The maximum absolute atomic E-state index is 11.7. The van der Waals surface area contributed by atoms with Crippen LogP contribution in [0.4, 0.5) is 5.69 Å². The monoisotopic (exact) mass is 285 g/mol. The molecule has 88 valence electrons. The third-order valence-corrected chi connectivity index (χ3v) is 3.51. The summed E-state index contributed by atoms with van der Waals surface area (Å²) in [5.74, 6) is 0.192. The van der Waals surface area contributed by atoms with Crippen LogP contribution in [-0.2, 0) is 4.79 Å².